The summed E-state index contributed by atoms with van der Waals surface area (Å²) in [7, 11) is 0. The lowest BCUT2D eigenvalue weighted by molar-refractivity contribution is -0.142. The van der Waals surface area contributed by atoms with Crippen molar-refractivity contribution in [3.8, 4) is 0 Å². The molecule has 0 saturated carbocycles. The summed E-state index contributed by atoms with van der Waals surface area (Å²) < 4.78 is 5.01. The molecular weight excluding hydrogens is 212 g/mol. The predicted octanol–water partition coefficient (Wildman–Crippen LogP) is 3.15. The third-order valence-electron chi connectivity index (χ3n) is 2.77. The number of carbonyl (C=O) groups is 1. The molecule has 0 N–H and O–H groups in total. The summed E-state index contributed by atoms with van der Waals surface area (Å²) in [5.41, 5.74) is 1.25. The number of ether oxygens (including phenoxy) is 1. The number of halogens is 1. The van der Waals surface area contributed by atoms with Crippen molar-refractivity contribution in [2.24, 2.45) is 0 Å². The van der Waals surface area contributed by atoms with Crippen LogP contribution in [0.1, 0.15) is 30.7 Å². The zero-order valence-corrected chi connectivity index (χ0v) is 9.17. The first-order valence-corrected chi connectivity index (χ1v) is 5.54. The van der Waals surface area contributed by atoms with E-state index in [9.17, 15) is 4.79 Å². The molecule has 0 spiro atoms. The molecule has 0 radical (unpaired) electrons. The summed E-state index contributed by atoms with van der Waals surface area (Å²) in [6.07, 6.45) is 2.31. The van der Waals surface area contributed by atoms with Gasteiger partial charge in [0.1, 0.15) is 0 Å². The minimum Gasteiger partial charge on any atom is -0.466 e. The molecule has 1 aliphatic heterocycles. The lowest BCUT2D eigenvalue weighted by Gasteiger charge is -2.12. The van der Waals surface area contributed by atoms with Gasteiger partial charge < -0.3 is 4.74 Å². The lowest BCUT2D eigenvalue weighted by atomic mass is 9.92. The molecule has 1 saturated heterocycles. The molecule has 1 atom stereocenters. The summed E-state index contributed by atoms with van der Waals surface area (Å²) in [5, 5.41) is 0.750. The first-order chi connectivity index (χ1) is 7.25. The van der Waals surface area contributed by atoms with Crippen LogP contribution in [-0.4, -0.2) is 12.6 Å². The Bertz CT molecular complexity index is 345. The number of carbonyl (C=O) groups excluding carboxylic acids is 1. The third kappa shape index (κ3) is 2.72. The monoisotopic (exact) mass is 224 g/mol. The van der Waals surface area contributed by atoms with E-state index in [1.54, 1.807) is 0 Å². The third-order valence-corrected chi connectivity index (χ3v) is 3.02. The van der Waals surface area contributed by atoms with E-state index in [0.717, 1.165) is 17.9 Å². The van der Waals surface area contributed by atoms with Crippen LogP contribution in [0.15, 0.2) is 24.3 Å². The van der Waals surface area contributed by atoms with E-state index in [1.165, 1.54) is 5.56 Å². The van der Waals surface area contributed by atoms with E-state index in [-0.39, 0.29) is 5.97 Å². The van der Waals surface area contributed by atoms with Gasteiger partial charge in [0.15, 0.2) is 0 Å². The van der Waals surface area contributed by atoms with E-state index < -0.39 is 0 Å². The highest BCUT2D eigenvalue weighted by atomic mass is 35.5. The zero-order valence-electron chi connectivity index (χ0n) is 8.41. The summed E-state index contributed by atoms with van der Waals surface area (Å²) in [6.45, 7) is 0.534. The largest absolute Gasteiger partial charge is 0.466 e. The Hall–Kier alpha value is -1.02. The molecule has 2 nitrogen and oxygen atoms in total. The molecule has 80 valence electrons. The van der Waals surface area contributed by atoms with Crippen molar-refractivity contribution in [2.45, 2.75) is 25.2 Å². The Balaban J connectivity index is 2.09. The van der Waals surface area contributed by atoms with Gasteiger partial charge >= 0.3 is 5.97 Å². The van der Waals surface area contributed by atoms with Crippen molar-refractivity contribution in [1.29, 1.82) is 0 Å². The van der Waals surface area contributed by atoms with Crippen LogP contribution in [0.4, 0.5) is 0 Å². The van der Waals surface area contributed by atoms with Gasteiger partial charge in [-0.25, -0.2) is 0 Å². The second-order valence-corrected chi connectivity index (χ2v) is 4.23. The van der Waals surface area contributed by atoms with E-state index >= 15 is 0 Å². The molecule has 2 rings (SSSR count). The molecule has 1 aromatic carbocycles. The molecule has 1 unspecified atom stereocenters. The predicted molar refractivity (Wildman–Crippen MR) is 59.0 cm³/mol. The minimum atomic E-state index is -0.0773. The smallest absolute Gasteiger partial charge is 0.305 e. The van der Waals surface area contributed by atoms with E-state index in [1.807, 2.05) is 24.3 Å². The van der Waals surface area contributed by atoms with Gasteiger partial charge in [0.25, 0.3) is 0 Å². The molecular formula is C12H13ClO2. The molecule has 1 fully saturated rings. The van der Waals surface area contributed by atoms with Gasteiger partial charge in [-0.15, -0.1) is 0 Å². The fourth-order valence-corrected chi connectivity index (χ4v) is 2.02. The van der Waals surface area contributed by atoms with E-state index in [2.05, 4.69) is 0 Å². The van der Waals surface area contributed by atoms with Gasteiger partial charge in [-0.1, -0.05) is 23.7 Å². The van der Waals surface area contributed by atoms with E-state index in [4.69, 9.17) is 16.3 Å². The van der Waals surface area contributed by atoms with Gasteiger partial charge in [-0.05, 0) is 36.5 Å². The highest BCUT2D eigenvalue weighted by molar-refractivity contribution is 6.30. The minimum absolute atomic E-state index is 0.0773. The highest BCUT2D eigenvalue weighted by Crippen LogP contribution is 2.28. The fraction of sp³-hybridized carbons (Fsp3) is 0.417. The normalized spacial score (nSPS) is 21.9. The van der Waals surface area contributed by atoms with Crippen molar-refractivity contribution < 1.29 is 9.53 Å². The number of esters is 1. The second kappa shape index (κ2) is 4.67. The molecule has 0 aromatic heterocycles. The molecule has 0 bridgehead atoms. The Morgan fingerprint density at radius 1 is 1.20 bits per heavy atom. The average Bonchev–Trinajstić information content (AvgIpc) is 2.44. The Kier molecular flexibility index (Phi) is 3.27. The molecule has 15 heavy (non-hydrogen) atoms. The van der Waals surface area contributed by atoms with Crippen molar-refractivity contribution in [3.63, 3.8) is 0 Å². The van der Waals surface area contributed by atoms with E-state index in [0.29, 0.717) is 18.9 Å². The maximum Gasteiger partial charge on any atom is 0.305 e. The summed E-state index contributed by atoms with van der Waals surface area (Å²) >= 11 is 5.83. The van der Waals surface area contributed by atoms with Gasteiger partial charge in [-0.2, -0.15) is 0 Å². The fourth-order valence-electron chi connectivity index (χ4n) is 1.89. The van der Waals surface area contributed by atoms with Crippen molar-refractivity contribution in [2.75, 3.05) is 6.61 Å². The Labute approximate surface area is 94.2 Å². The van der Waals surface area contributed by atoms with Crippen LogP contribution >= 0.6 is 11.6 Å². The summed E-state index contributed by atoms with van der Waals surface area (Å²) in [6, 6.07) is 7.85. The van der Waals surface area contributed by atoms with Crippen LogP contribution in [0.3, 0.4) is 0 Å². The molecule has 0 aliphatic carbocycles. The van der Waals surface area contributed by atoms with Crippen molar-refractivity contribution in [1.82, 2.24) is 0 Å². The van der Waals surface area contributed by atoms with Crippen LogP contribution in [0.5, 0.6) is 0 Å². The number of cyclic esters (lactones) is 1. The topological polar surface area (TPSA) is 26.3 Å². The van der Waals surface area contributed by atoms with Crippen LogP contribution in [0.25, 0.3) is 0 Å². The zero-order chi connectivity index (χ0) is 10.7. The number of benzene rings is 1. The van der Waals surface area contributed by atoms with Crippen molar-refractivity contribution >= 4 is 17.6 Å². The van der Waals surface area contributed by atoms with Crippen LogP contribution in [0.2, 0.25) is 5.02 Å². The first-order valence-electron chi connectivity index (χ1n) is 5.17. The maximum absolute atomic E-state index is 11.1. The summed E-state index contributed by atoms with van der Waals surface area (Å²) in [5.74, 6) is 0.347. The second-order valence-electron chi connectivity index (χ2n) is 3.80. The van der Waals surface area contributed by atoms with Gasteiger partial charge in [-0.3, -0.25) is 4.79 Å². The van der Waals surface area contributed by atoms with Crippen LogP contribution in [0, 0.1) is 0 Å². The average molecular weight is 225 g/mol. The molecule has 3 heteroatoms. The summed E-state index contributed by atoms with van der Waals surface area (Å²) in [4.78, 5) is 11.1. The van der Waals surface area contributed by atoms with Crippen LogP contribution in [-0.2, 0) is 9.53 Å². The number of rotatable bonds is 1. The van der Waals surface area contributed by atoms with Gasteiger partial charge in [0.05, 0.1) is 6.61 Å². The highest BCUT2D eigenvalue weighted by Gasteiger charge is 2.18. The number of hydrogen-bond donors (Lipinski definition) is 0. The Morgan fingerprint density at radius 3 is 2.67 bits per heavy atom. The number of hydrogen-bond acceptors (Lipinski definition) is 2. The van der Waals surface area contributed by atoms with Crippen molar-refractivity contribution in [3.05, 3.63) is 34.9 Å². The lowest BCUT2D eigenvalue weighted by Crippen LogP contribution is -2.00. The first kappa shape index (κ1) is 10.5. The van der Waals surface area contributed by atoms with Gasteiger partial charge in [0, 0.05) is 11.4 Å². The van der Waals surface area contributed by atoms with Gasteiger partial charge in [0.2, 0.25) is 0 Å². The quantitative estimate of drug-likeness (QED) is 0.685. The molecule has 0 amide bonds. The Morgan fingerprint density at radius 2 is 1.93 bits per heavy atom. The SMILES string of the molecule is O=C1CCC(c2ccc(Cl)cc2)CCO1. The molecule has 1 aromatic rings. The maximum atomic E-state index is 11.1. The molecule has 1 heterocycles. The molecule has 1 aliphatic rings. The standard InChI is InChI=1S/C12H13ClO2/c13-11-4-1-9(2-5-11)10-3-6-12(14)15-8-7-10/h1-2,4-5,10H,3,6-8H2. The van der Waals surface area contributed by atoms with Crippen LogP contribution < -0.4 is 0 Å².